The zero-order valence-corrected chi connectivity index (χ0v) is 24.4. The molecular formula is C31H39FN8O3. The number of nitrogens with zero attached hydrogens (tertiary/aromatic N) is 4. The number of likely N-dealkylation sites (tertiary alicyclic amines) is 1. The third-order valence-electron chi connectivity index (χ3n) is 7.93. The summed E-state index contributed by atoms with van der Waals surface area (Å²) < 4.78 is 20.5. The highest BCUT2D eigenvalue weighted by atomic mass is 19.1. The number of hydrogen-bond acceptors (Lipinski definition) is 8. The Hall–Kier alpha value is -4.45. The van der Waals surface area contributed by atoms with Crippen molar-refractivity contribution in [3.63, 3.8) is 0 Å². The van der Waals surface area contributed by atoms with E-state index < -0.39 is 5.82 Å². The first-order valence-electron chi connectivity index (χ1n) is 14.8. The summed E-state index contributed by atoms with van der Waals surface area (Å²) in [5.74, 6) is -0.0277. The molecule has 0 radical (unpaired) electrons. The third kappa shape index (κ3) is 7.50. The minimum atomic E-state index is -0.523. The molecule has 1 fully saturated rings. The van der Waals surface area contributed by atoms with Gasteiger partial charge in [-0.05, 0) is 74.0 Å². The number of halogens is 1. The van der Waals surface area contributed by atoms with E-state index in [0.717, 1.165) is 57.3 Å². The minimum Gasteiger partial charge on any atom is -0.463 e. The normalized spacial score (nSPS) is 14.3. The Bertz CT molecular complexity index is 1610. The highest BCUT2D eigenvalue weighted by Gasteiger charge is 2.20. The van der Waals surface area contributed by atoms with Crippen LogP contribution in [0, 0.1) is 11.7 Å². The van der Waals surface area contributed by atoms with E-state index in [9.17, 15) is 14.0 Å². The van der Waals surface area contributed by atoms with Crippen molar-refractivity contribution in [1.82, 2.24) is 29.7 Å². The lowest BCUT2D eigenvalue weighted by Gasteiger charge is -2.32. The largest absolute Gasteiger partial charge is 0.463 e. The van der Waals surface area contributed by atoms with E-state index in [-0.39, 0.29) is 29.1 Å². The SMILES string of the molecule is CCCCOc1nc(N)c2[nH]c(=O)n(Cc3ccc(CN4CCC(CCNC(=O)c5ccc(F)c(N)c5)CC4)cc3)c2n1. The van der Waals surface area contributed by atoms with Crippen molar-refractivity contribution in [1.29, 1.82) is 0 Å². The lowest BCUT2D eigenvalue weighted by Crippen LogP contribution is -2.34. The molecule has 4 aromatic rings. The van der Waals surface area contributed by atoms with E-state index in [1.807, 2.05) is 12.1 Å². The average Bonchev–Trinajstić information content (AvgIpc) is 3.31. The molecule has 2 aromatic carbocycles. The summed E-state index contributed by atoms with van der Waals surface area (Å²) in [5.41, 5.74) is 14.7. The van der Waals surface area contributed by atoms with E-state index >= 15 is 0 Å². The van der Waals surface area contributed by atoms with Gasteiger partial charge in [0.1, 0.15) is 11.3 Å². The zero-order chi connectivity index (χ0) is 30.3. The number of ether oxygens (including phenoxy) is 1. The number of anilines is 2. The maximum atomic E-state index is 13.3. The molecule has 5 rings (SSSR count). The number of aromatic nitrogens is 4. The Morgan fingerprint density at radius 1 is 1.09 bits per heavy atom. The molecule has 0 saturated carbocycles. The average molecular weight is 591 g/mol. The van der Waals surface area contributed by atoms with E-state index in [4.69, 9.17) is 16.2 Å². The van der Waals surface area contributed by atoms with Gasteiger partial charge in [-0.2, -0.15) is 9.97 Å². The van der Waals surface area contributed by atoms with Crippen LogP contribution in [-0.2, 0) is 13.1 Å². The summed E-state index contributed by atoms with van der Waals surface area (Å²) in [6.45, 7) is 6.32. The first-order valence-corrected chi connectivity index (χ1v) is 14.8. The Morgan fingerprint density at radius 3 is 2.51 bits per heavy atom. The van der Waals surface area contributed by atoms with Gasteiger partial charge in [-0.15, -0.1) is 0 Å². The molecule has 3 heterocycles. The molecule has 0 bridgehead atoms. The van der Waals surface area contributed by atoms with Gasteiger partial charge in [-0.3, -0.25) is 14.3 Å². The molecule has 1 aliphatic heterocycles. The first kappa shape index (κ1) is 30.0. The second kappa shape index (κ2) is 13.7. The number of amides is 1. The molecule has 1 amide bonds. The second-order valence-electron chi connectivity index (χ2n) is 11.1. The smallest absolute Gasteiger partial charge is 0.328 e. The number of piperidine rings is 1. The molecule has 0 aliphatic carbocycles. The maximum Gasteiger partial charge on any atom is 0.328 e. The van der Waals surface area contributed by atoms with E-state index in [1.54, 1.807) is 4.57 Å². The number of nitrogens with one attached hydrogen (secondary N) is 2. The summed E-state index contributed by atoms with van der Waals surface area (Å²) in [5, 5.41) is 2.92. The molecule has 11 nitrogen and oxygen atoms in total. The number of nitrogens with two attached hydrogens (primary N) is 2. The number of fused-ring (bicyclic) bond motifs is 1. The van der Waals surface area contributed by atoms with E-state index in [2.05, 4.69) is 44.2 Å². The van der Waals surface area contributed by atoms with Crippen LogP contribution >= 0.6 is 0 Å². The minimum absolute atomic E-state index is 0.0257. The predicted molar refractivity (Wildman–Crippen MR) is 164 cm³/mol. The van der Waals surface area contributed by atoms with E-state index in [1.165, 1.54) is 23.8 Å². The molecule has 0 atom stereocenters. The predicted octanol–water partition coefficient (Wildman–Crippen LogP) is 3.68. The summed E-state index contributed by atoms with van der Waals surface area (Å²) >= 11 is 0. The third-order valence-corrected chi connectivity index (χ3v) is 7.93. The van der Waals surface area contributed by atoms with Crippen molar-refractivity contribution < 1.29 is 13.9 Å². The van der Waals surface area contributed by atoms with Gasteiger partial charge in [-0.1, -0.05) is 37.6 Å². The second-order valence-corrected chi connectivity index (χ2v) is 11.1. The van der Waals surface area contributed by atoms with Crippen LogP contribution in [0.5, 0.6) is 6.01 Å². The molecule has 0 unspecified atom stereocenters. The van der Waals surface area contributed by atoms with Crippen molar-refractivity contribution in [3.8, 4) is 6.01 Å². The van der Waals surface area contributed by atoms with Crippen molar-refractivity contribution in [2.45, 2.75) is 52.1 Å². The molecule has 228 valence electrons. The fourth-order valence-corrected chi connectivity index (χ4v) is 5.35. The van der Waals surface area contributed by atoms with Gasteiger partial charge in [0.2, 0.25) is 0 Å². The Balaban J connectivity index is 1.10. The van der Waals surface area contributed by atoms with Crippen LogP contribution in [0.4, 0.5) is 15.9 Å². The highest BCUT2D eigenvalue weighted by molar-refractivity contribution is 5.95. The quantitative estimate of drug-likeness (QED) is 0.144. The van der Waals surface area contributed by atoms with Crippen LogP contribution in [-0.4, -0.2) is 56.6 Å². The number of carbonyl (C=O) groups is 1. The monoisotopic (exact) mass is 590 g/mol. The number of unbranched alkanes of at least 4 members (excludes halogenated alkanes) is 1. The maximum absolute atomic E-state index is 13.3. The van der Waals surface area contributed by atoms with Gasteiger partial charge in [0.25, 0.3) is 5.91 Å². The molecule has 0 spiro atoms. The van der Waals surface area contributed by atoms with Crippen molar-refractivity contribution in [2.75, 3.05) is 37.7 Å². The van der Waals surface area contributed by atoms with Gasteiger partial charge in [0.15, 0.2) is 11.5 Å². The van der Waals surface area contributed by atoms with Crippen molar-refractivity contribution in [2.24, 2.45) is 5.92 Å². The van der Waals surface area contributed by atoms with Crippen LogP contribution in [0.1, 0.15) is 60.5 Å². The standard InChI is InChI=1S/C31H39FN8O3/c1-2-3-16-43-30-37-27(34)26-28(38-30)40(31(42)36-26)19-22-6-4-21(5-7-22)18-39-14-11-20(12-15-39)10-13-35-29(41)23-8-9-24(32)25(33)17-23/h4-9,17,20H,2-3,10-16,18-19,33H2,1H3,(H,35,41)(H,36,42)(H2,34,37,38). The molecule has 1 saturated heterocycles. The first-order chi connectivity index (χ1) is 20.8. The lowest BCUT2D eigenvalue weighted by atomic mass is 9.93. The molecule has 43 heavy (non-hydrogen) atoms. The number of imidazole rings is 1. The van der Waals surface area contributed by atoms with Gasteiger partial charge in [0.05, 0.1) is 18.8 Å². The summed E-state index contributed by atoms with van der Waals surface area (Å²) in [4.78, 5) is 38.9. The van der Waals surface area contributed by atoms with Crippen LogP contribution < -0.4 is 27.2 Å². The van der Waals surface area contributed by atoms with E-state index in [0.29, 0.717) is 42.3 Å². The number of carbonyl (C=O) groups excluding carboxylic acids is 1. The fourth-order valence-electron chi connectivity index (χ4n) is 5.35. The van der Waals surface area contributed by atoms with Gasteiger partial charge >= 0.3 is 11.7 Å². The molecule has 12 heteroatoms. The Kier molecular flexibility index (Phi) is 9.55. The zero-order valence-electron chi connectivity index (χ0n) is 24.4. The van der Waals surface area contributed by atoms with Crippen molar-refractivity contribution in [3.05, 3.63) is 75.5 Å². The van der Waals surface area contributed by atoms with Crippen LogP contribution in [0.3, 0.4) is 0 Å². The molecule has 1 aliphatic rings. The number of hydrogen-bond donors (Lipinski definition) is 4. The van der Waals surface area contributed by atoms with Crippen LogP contribution in [0.25, 0.3) is 11.2 Å². The highest BCUT2D eigenvalue weighted by Crippen LogP contribution is 2.23. The topological polar surface area (TPSA) is 157 Å². The van der Waals surface area contributed by atoms with Crippen LogP contribution in [0.15, 0.2) is 47.3 Å². The summed E-state index contributed by atoms with van der Waals surface area (Å²) in [6, 6.07) is 12.5. The number of aromatic amines is 1. The number of rotatable bonds is 12. The van der Waals surface area contributed by atoms with Gasteiger partial charge < -0.3 is 26.5 Å². The van der Waals surface area contributed by atoms with Crippen molar-refractivity contribution >= 4 is 28.6 Å². The van der Waals surface area contributed by atoms with Crippen LogP contribution in [0.2, 0.25) is 0 Å². The number of nitrogen functional groups attached to an aromatic ring is 2. The fraction of sp³-hybridized carbons (Fsp3) is 0.419. The van der Waals surface area contributed by atoms with Gasteiger partial charge in [0, 0.05) is 18.7 Å². The molecule has 6 N–H and O–H groups in total. The lowest BCUT2D eigenvalue weighted by molar-refractivity contribution is 0.0947. The summed E-state index contributed by atoms with van der Waals surface area (Å²) in [7, 11) is 0. The summed E-state index contributed by atoms with van der Waals surface area (Å²) in [6.07, 6.45) is 4.90. The Morgan fingerprint density at radius 2 is 1.81 bits per heavy atom. The molecular weight excluding hydrogens is 551 g/mol. The van der Waals surface area contributed by atoms with Gasteiger partial charge in [-0.25, -0.2) is 9.18 Å². The molecule has 2 aromatic heterocycles. The Labute approximate surface area is 249 Å². The number of benzene rings is 2. The number of H-pyrrole nitrogens is 1.